The standard InChI is InChI=1S/C53H41NS/c1-34-20-29-46-47(30-34)53(3,4)48-31-35(2)32-49(51(46)48)54(41-25-21-37(22-26-41)40-15-10-14-39(33-40)36-12-6-5-7-13-36)42-27-23-38(24-28-42)43-17-11-18-45-44-16-8-9-19-50(44)55-52(43)45/h5-33H,1-4H3. The zero-order chi connectivity index (χ0) is 37.3. The van der Waals surface area contributed by atoms with Crippen LogP contribution in [0.2, 0.25) is 0 Å². The molecule has 0 N–H and O–H groups in total. The maximum absolute atomic E-state index is 2.48. The van der Waals surface area contributed by atoms with Gasteiger partial charge in [0, 0.05) is 42.5 Å². The maximum Gasteiger partial charge on any atom is 0.0545 e. The van der Waals surface area contributed by atoms with Gasteiger partial charge in [0.1, 0.15) is 0 Å². The Morgan fingerprint density at radius 3 is 1.78 bits per heavy atom. The monoisotopic (exact) mass is 723 g/mol. The number of hydrogen-bond donors (Lipinski definition) is 0. The van der Waals surface area contributed by atoms with E-state index in [-0.39, 0.29) is 5.41 Å². The molecule has 0 spiro atoms. The van der Waals surface area contributed by atoms with Gasteiger partial charge >= 0.3 is 0 Å². The van der Waals surface area contributed by atoms with Crippen LogP contribution in [0.3, 0.4) is 0 Å². The average molecular weight is 724 g/mol. The highest BCUT2D eigenvalue weighted by Crippen LogP contribution is 2.55. The summed E-state index contributed by atoms with van der Waals surface area (Å²) in [5.41, 5.74) is 18.7. The summed E-state index contributed by atoms with van der Waals surface area (Å²) < 4.78 is 2.67. The lowest BCUT2D eigenvalue weighted by Crippen LogP contribution is -2.16. The summed E-state index contributed by atoms with van der Waals surface area (Å²) in [5.74, 6) is 0. The molecule has 0 radical (unpaired) electrons. The number of anilines is 3. The molecule has 0 unspecified atom stereocenters. The first kappa shape index (κ1) is 33.4. The minimum absolute atomic E-state index is 0.108. The fraction of sp³-hybridized carbons (Fsp3) is 0.0943. The smallest absolute Gasteiger partial charge is 0.0545 e. The van der Waals surface area contributed by atoms with Crippen LogP contribution >= 0.6 is 11.3 Å². The van der Waals surface area contributed by atoms with Gasteiger partial charge in [0.2, 0.25) is 0 Å². The van der Waals surface area contributed by atoms with Crippen molar-refractivity contribution in [3.63, 3.8) is 0 Å². The van der Waals surface area contributed by atoms with Crippen LogP contribution in [-0.2, 0) is 5.41 Å². The Labute approximate surface area is 327 Å². The third-order valence-electron chi connectivity index (χ3n) is 11.6. The summed E-state index contributed by atoms with van der Waals surface area (Å²) in [7, 11) is 0. The zero-order valence-electron chi connectivity index (χ0n) is 31.6. The molecule has 1 aromatic heterocycles. The Balaban J connectivity index is 1.12. The second-order valence-corrected chi connectivity index (χ2v) is 16.6. The lowest BCUT2D eigenvalue weighted by atomic mass is 9.81. The summed E-state index contributed by atoms with van der Waals surface area (Å²) in [5, 5.41) is 2.65. The van der Waals surface area contributed by atoms with Crippen LogP contribution in [0, 0.1) is 13.8 Å². The Hall–Kier alpha value is -6.22. The van der Waals surface area contributed by atoms with E-state index in [1.54, 1.807) is 0 Å². The van der Waals surface area contributed by atoms with E-state index in [1.807, 2.05) is 11.3 Å². The van der Waals surface area contributed by atoms with E-state index in [0.29, 0.717) is 0 Å². The van der Waals surface area contributed by atoms with Crippen molar-refractivity contribution in [3.05, 3.63) is 198 Å². The van der Waals surface area contributed by atoms with E-state index in [0.717, 1.165) is 11.4 Å². The highest BCUT2D eigenvalue weighted by atomic mass is 32.1. The van der Waals surface area contributed by atoms with Gasteiger partial charge in [-0.2, -0.15) is 0 Å². The number of thiophene rings is 1. The lowest BCUT2D eigenvalue weighted by Gasteiger charge is -2.30. The van der Waals surface area contributed by atoms with Gasteiger partial charge < -0.3 is 4.90 Å². The molecular formula is C53H41NS. The third-order valence-corrected chi connectivity index (χ3v) is 12.8. The molecule has 1 heterocycles. The largest absolute Gasteiger partial charge is 0.310 e. The predicted octanol–water partition coefficient (Wildman–Crippen LogP) is 15.4. The van der Waals surface area contributed by atoms with Crippen molar-refractivity contribution in [1.82, 2.24) is 0 Å². The summed E-state index contributed by atoms with van der Waals surface area (Å²) in [4.78, 5) is 2.48. The highest BCUT2D eigenvalue weighted by Gasteiger charge is 2.38. The number of aryl methyl sites for hydroxylation is 2. The molecular weight excluding hydrogens is 683 g/mol. The average Bonchev–Trinajstić information content (AvgIpc) is 3.71. The molecule has 2 heteroatoms. The molecule has 10 rings (SSSR count). The fourth-order valence-corrected chi connectivity index (χ4v) is 10.00. The van der Waals surface area contributed by atoms with E-state index in [9.17, 15) is 0 Å². The molecule has 1 aliphatic rings. The molecule has 8 aromatic carbocycles. The SMILES string of the molecule is Cc1ccc2c(c1)C(C)(C)c1cc(C)cc(N(c3ccc(-c4cccc(-c5ccccc5)c4)cc3)c3ccc(-c4cccc5c4sc4ccccc45)cc3)c1-2. The number of nitrogens with zero attached hydrogens (tertiary/aromatic N) is 1. The number of hydrogen-bond acceptors (Lipinski definition) is 2. The van der Waals surface area contributed by atoms with Crippen LogP contribution in [0.5, 0.6) is 0 Å². The second kappa shape index (κ2) is 13.0. The van der Waals surface area contributed by atoms with Crippen molar-refractivity contribution < 1.29 is 0 Å². The molecule has 0 atom stereocenters. The van der Waals surface area contributed by atoms with Gasteiger partial charge in [-0.15, -0.1) is 11.3 Å². The van der Waals surface area contributed by atoms with E-state index in [4.69, 9.17) is 0 Å². The molecule has 1 aliphatic carbocycles. The van der Waals surface area contributed by atoms with Crippen molar-refractivity contribution in [2.24, 2.45) is 0 Å². The Morgan fingerprint density at radius 2 is 1.04 bits per heavy atom. The normalized spacial score (nSPS) is 12.9. The minimum atomic E-state index is -0.108. The van der Waals surface area contributed by atoms with E-state index < -0.39 is 0 Å². The number of fused-ring (bicyclic) bond motifs is 6. The molecule has 264 valence electrons. The second-order valence-electron chi connectivity index (χ2n) is 15.5. The zero-order valence-corrected chi connectivity index (χ0v) is 32.4. The van der Waals surface area contributed by atoms with Gasteiger partial charge in [-0.05, 0) is 112 Å². The maximum atomic E-state index is 2.48. The molecule has 55 heavy (non-hydrogen) atoms. The number of benzene rings is 8. The van der Waals surface area contributed by atoms with Gasteiger partial charge in [-0.3, -0.25) is 0 Å². The first-order valence-electron chi connectivity index (χ1n) is 19.2. The summed E-state index contributed by atoms with van der Waals surface area (Å²) in [6.07, 6.45) is 0. The molecule has 0 bridgehead atoms. The van der Waals surface area contributed by atoms with Crippen LogP contribution in [0.25, 0.3) is 64.7 Å². The third kappa shape index (κ3) is 5.60. The van der Waals surface area contributed by atoms with Gasteiger partial charge in [0.15, 0.2) is 0 Å². The summed E-state index contributed by atoms with van der Waals surface area (Å²) in [6, 6.07) is 65.1. The van der Waals surface area contributed by atoms with Crippen molar-refractivity contribution >= 4 is 48.6 Å². The van der Waals surface area contributed by atoms with Gasteiger partial charge in [0.25, 0.3) is 0 Å². The summed E-state index contributed by atoms with van der Waals surface area (Å²) >= 11 is 1.89. The van der Waals surface area contributed by atoms with Crippen molar-refractivity contribution in [2.75, 3.05) is 4.90 Å². The minimum Gasteiger partial charge on any atom is -0.310 e. The topological polar surface area (TPSA) is 3.24 Å². The fourth-order valence-electron chi connectivity index (χ4n) is 8.76. The molecule has 0 amide bonds. The van der Waals surface area contributed by atoms with E-state index in [1.165, 1.54) is 92.6 Å². The van der Waals surface area contributed by atoms with E-state index >= 15 is 0 Å². The van der Waals surface area contributed by atoms with Crippen molar-refractivity contribution in [1.29, 1.82) is 0 Å². The molecule has 0 saturated carbocycles. The van der Waals surface area contributed by atoms with Crippen LogP contribution in [0.4, 0.5) is 17.1 Å². The molecule has 1 nitrogen and oxygen atoms in total. The molecule has 0 aliphatic heterocycles. The Kier molecular flexibility index (Phi) is 7.87. The van der Waals surface area contributed by atoms with Crippen molar-refractivity contribution in [2.45, 2.75) is 33.1 Å². The summed E-state index contributed by atoms with van der Waals surface area (Å²) in [6.45, 7) is 9.21. The molecule has 9 aromatic rings. The number of rotatable bonds is 6. The first-order valence-corrected chi connectivity index (χ1v) is 20.0. The van der Waals surface area contributed by atoms with Crippen molar-refractivity contribution in [3.8, 4) is 44.5 Å². The quantitative estimate of drug-likeness (QED) is 0.165. The molecule has 0 saturated heterocycles. The highest BCUT2D eigenvalue weighted by molar-refractivity contribution is 7.26. The predicted molar refractivity (Wildman–Crippen MR) is 237 cm³/mol. The Bertz CT molecular complexity index is 2890. The molecule has 0 fully saturated rings. The Morgan fingerprint density at radius 1 is 0.436 bits per heavy atom. The van der Waals surface area contributed by atoms with Crippen LogP contribution in [0.1, 0.15) is 36.1 Å². The first-order chi connectivity index (χ1) is 26.8. The van der Waals surface area contributed by atoms with Gasteiger partial charge in [0.05, 0.1) is 5.69 Å². The van der Waals surface area contributed by atoms with Crippen LogP contribution in [-0.4, -0.2) is 0 Å². The van der Waals surface area contributed by atoms with Gasteiger partial charge in [-0.25, -0.2) is 0 Å². The van der Waals surface area contributed by atoms with E-state index in [2.05, 4.69) is 209 Å². The lowest BCUT2D eigenvalue weighted by molar-refractivity contribution is 0.659. The van der Waals surface area contributed by atoms with Crippen LogP contribution < -0.4 is 4.90 Å². The van der Waals surface area contributed by atoms with Crippen LogP contribution in [0.15, 0.2) is 176 Å². The van der Waals surface area contributed by atoms with Gasteiger partial charge in [-0.1, -0.05) is 153 Å².